The van der Waals surface area contributed by atoms with E-state index in [2.05, 4.69) is 31.1 Å². The third-order valence-electron chi connectivity index (χ3n) is 2.19. The fraction of sp³-hybridized carbons (Fsp3) is 0.273. The maximum atomic E-state index is 9.03. The van der Waals surface area contributed by atoms with Crippen LogP contribution in [0.5, 0.6) is 5.75 Å². The second kappa shape index (κ2) is 5.79. The van der Waals surface area contributed by atoms with E-state index in [0.717, 1.165) is 5.75 Å². The monoisotopic (exact) mass is 297 g/mol. The molecule has 1 atom stereocenters. The van der Waals surface area contributed by atoms with Crippen LogP contribution in [0.25, 0.3) is 0 Å². The summed E-state index contributed by atoms with van der Waals surface area (Å²) in [5.74, 6) is 1.33. The smallest absolute Gasteiger partial charge is 0.217 e. The van der Waals surface area contributed by atoms with Crippen LogP contribution in [0.3, 0.4) is 0 Å². The highest BCUT2D eigenvalue weighted by Gasteiger charge is 2.17. The number of para-hydroxylation sites is 1. The van der Waals surface area contributed by atoms with Crippen LogP contribution in [-0.4, -0.2) is 26.9 Å². The summed E-state index contributed by atoms with van der Waals surface area (Å²) in [6, 6.07) is 9.41. The summed E-state index contributed by atoms with van der Waals surface area (Å²) in [5, 5.41) is 15.7. The first-order valence-corrected chi connectivity index (χ1v) is 5.99. The summed E-state index contributed by atoms with van der Waals surface area (Å²) >= 11 is 3.17. The van der Waals surface area contributed by atoms with Gasteiger partial charge in [0.05, 0.1) is 0 Å². The van der Waals surface area contributed by atoms with Crippen LogP contribution in [0.4, 0.5) is 0 Å². The largest absolute Gasteiger partial charge is 0.482 e. The number of nitrogens with one attached hydrogen (secondary N) is 1. The van der Waals surface area contributed by atoms with Crippen LogP contribution in [0.2, 0.25) is 0 Å². The Labute approximate surface area is 107 Å². The summed E-state index contributed by atoms with van der Waals surface area (Å²) in [6.07, 6.45) is 0.123. The van der Waals surface area contributed by atoms with Gasteiger partial charge < -0.3 is 9.84 Å². The summed E-state index contributed by atoms with van der Waals surface area (Å²) in [4.78, 5) is 4.14. The first kappa shape index (κ1) is 12.1. The van der Waals surface area contributed by atoms with E-state index in [1.165, 1.54) is 0 Å². The quantitative estimate of drug-likeness (QED) is 0.886. The zero-order chi connectivity index (χ0) is 12.1. The van der Waals surface area contributed by atoms with Gasteiger partial charge in [-0.1, -0.05) is 18.2 Å². The lowest BCUT2D eigenvalue weighted by molar-refractivity contribution is 0.148. The van der Waals surface area contributed by atoms with Crippen molar-refractivity contribution < 1.29 is 9.84 Å². The van der Waals surface area contributed by atoms with E-state index in [1.807, 2.05) is 30.3 Å². The molecule has 2 N–H and O–H groups in total. The number of hydrogen-bond donors (Lipinski definition) is 2. The number of aliphatic hydroxyl groups is 1. The lowest BCUT2D eigenvalue weighted by Gasteiger charge is -2.15. The molecule has 0 saturated heterocycles. The second-order valence-electron chi connectivity index (χ2n) is 3.42. The van der Waals surface area contributed by atoms with Gasteiger partial charge in [0.25, 0.3) is 0 Å². The Morgan fingerprint density at radius 3 is 2.71 bits per heavy atom. The minimum atomic E-state index is -0.332. The Balaban J connectivity index is 2.13. The third-order valence-corrected chi connectivity index (χ3v) is 2.55. The van der Waals surface area contributed by atoms with Gasteiger partial charge in [0, 0.05) is 13.0 Å². The molecule has 0 amide bonds. The molecule has 0 aliphatic heterocycles. The molecule has 2 aromatic rings. The van der Waals surface area contributed by atoms with Crippen molar-refractivity contribution >= 4 is 15.9 Å². The lowest BCUT2D eigenvalue weighted by Crippen LogP contribution is -2.11. The fourth-order valence-electron chi connectivity index (χ4n) is 1.43. The summed E-state index contributed by atoms with van der Waals surface area (Å²) in [6.45, 7) is 0.0236. The number of nitrogens with zero attached hydrogens (tertiary/aromatic N) is 2. The van der Waals surface area contributed by atoms with Crippen LogP contribution < -0.4 is 4.74 Å². The Hall–Kier alpha value is -1.40. The van der Waals surface area contributed by atoms with Gasteiger partial charge in [-0.15, -0.1) is 5.10 Å². The number of ether oxygens (including phenoxy) is 1. The molecule has 0 bridgehead atoms. The molecule has 2 rings (SSSR count). The minimum absolute atomic E-state index is 0.0236. The molecule has 1 unspecified atom stereocenters. The molecule has 5 nitrogen and oxygen atoms in total. The van der Waals surface area contributed by atoms with E-state index in [-0.39, 0.29) is 12.7 Å². The maximum Gasteiger partial charge on any atom is 0.217 e. The molecule has 17 heavy (non-hydrogen) atoms. The summed E-state index contributed by atoms with van der Waals surface area (Å²) < 4.78 is 6.22. The molecule has 0 spiro atoms. The Bertz CT molecular complexity index is 461. The minimum Gasteiger partial charge on any atom is -0.482 e. The van der Waals surface area contributed by atoms with Crippen LogP contribution in [0, 0.1) is 0 Å². The highest BCUT2D eigenvalue weighted by atomic mass is 79.9. The zero-order valence-corrected chi connectivity index (χ0v) is 10.6. The maximum absolute atomic E-state index is 9.03. The first-order chi connectivity index (χ1) is 8.29. The van der Waals surface area contributed by atoms with Crippen LogP contribution in [0.15, 0.2) is 35.1 Å². The Morgan fingerprint density at radius 2 is 2.12 bits per heavy atom. The molecule has 1 aromatic carbocycles. The van der Waals surface area contributed by atoms with Gasteiger partial charge in [-0.25, -0.2) is 4.98 Å². The van der Waals surface area contributed by atoms with E-state index in [4.69, 9.17) is 9.84 Å². The molecule has 0 fully saturated rings. The number of halogens is 1. The van der Waals surface area contributed by atoms with Crippen LogP contribution >= 0.6 is 15.9 Å². The number of H-pyrrole nitrogens is 1. The standard InChI is InChI=1S/C11H12BrN3O2/c12-11-13-10(14-15-11)9(6-7-16)17-8-4-2-1-3-5-8/h1-5,9,16H,6-7H2,(H,13,14,15). The van der Waals surface area contributed by atoms with Crippen molar-refractivity contribution in [3.8, 4) is 5.75 Å². The normalized spacial score (nSPS) is 12.4. The molecular formula is C11H12BrN3O2. The van der Waals surface area contributed by atoms with Crippen LogP contribution in [0.1, 0.15) is 18.3 Å². The average Bonchev–Trinajstić information content (AvgIpc) is 2.77. The molecule has 0 radical (unpaired) electrons. The van der Waals surface area contributed by atoms with E-state index in [9.17, 15) is 0 Å². The predicted octanol–water partition coefficient (Wildman–Crippen LogP) is 2.07. The van der Waals surface area contributed by atoms with Crippen molar-refractivity contribution in [2.75, 3.05) is 6.61 Å². The van der Waals surface area contributed by atoms with Crippen molar-refractivity contribution in [1.82, 2.24) is 15.2 Å². The molecular weight excluding hydrogens is 286 g/mol. The van der Waals surface area contributed by atoms with Gasteiger partial charge in [0.1, 0.15) is 5.75 Å². The third kappa shape index (κ3) is 3.28. The summed E-state index contributed by atoms with van der Waals surface area (Å²) in [5.41, 5.74) is 0. The zero-order valence-electron chi connectivity index (χ0n) is 9.01. The van der Waals surface area contributed by atoms with Gasteiger partial charge in [0.2, 0.25) is 4.73 Å². The van der Waals surface area contributed by atoms with Gasteiger partial charge in [-0.2, -0.15) is 0 Å². The number of benzene rings is 1. The van der Waals surface area contributed by atoms with Gasteiger partial charge in [-0.3, -0.25) is 5.10 Å². The number of rotatable bonds is 5. The van der Waals surface area contributed by atoms with Gasteiger partial charge in [-0.05, 0) is 28.1 Å². The Morgan fingerprint density at radius 1 is 1.35 bits per heavy atom. The first-order valence-electron chi connectivity index (χ1n) is 5.20. The average molecular weight is 298 g/mol. The number of aliphatic hydroxyl groups excluding tert-OH is 1. The SMILES string of the molecule is OCCC(Oc1ccccc1)c1nc(Br)n[nH]1. The molecule has 1 aromatic heterocycles. The van der Waals surface area contributed by atoms with E-state index < -0.39 is 0 Å². The molecule has 0 aliphatic rings. The van der Waals surface area contributed by atoms with Gasteiger partial charge >= 0.3 is 0 Å². The molecule has 1 heterocycles. The van der Waals surface area contributed by atoms with E-state index in [0.29, 0.717) is 17.0 Å². The number of hydrogen-bond acceptors (Lipinski definition) is 4. The second-order valence-corrected chi connectivity index (χ2v) is 4.13. The lowest BCUT2D eigenvalue weighted by atomic mass is 10.2. The van der Waals surface area contributed by atoms with Gasteiger partial charge in [0.15, 0.2) is 11.9 Å². The molecule has 90 valence electrons. The molecule has 0 aliphatic carbocycles. The van der Waals surface area contributed by atoms with Crippen molar-refractivity contribution in [3.05, 3.63) is 40.9 Å². The van der Waals surface area contributed by atoms with Crippen molar-refractivity contribution in [1.29, 1.82) is 0 Å². The predicted molar refractivity (Wildman–Crippen MR) is 65.6 cm³/mol. The van der Waals surface area contributed by atoms with E-state index in [1.54, 1.807) is 0 Å². The Kier molecular flexibility index (Phi) is 4.11. The summed E-state index contributed by atoms with van der Waals surface area (Å²) in [7, 11) is 0. The molecule has 0 saturated carbocycles. The number of aromatic nitrogens is 3. The van der Waals surface area contributed by atoms with E-state index >= 15 is 0 Å². The number of aromatic amines is 1. The molecule has 6 heteroatoms. The highest BCUT2D eigenvalue weighted by molar-refractivity contribution is 9.10. The van der Waals surface area contributed by atoms with Crippen LogP contribution in [-0.2, 0) is 0 Å². The van der Waals surface area contributed by atoms with Crippen molar-refractivity contribution in [2.45, 2.75) is 12.5 Å². The van der Waals surface area contributed by atoms with Crippen molar-refractivity contribution in [2.24, 2.45) is 0 Å². The fourth-order valence-corrected chi connectivity index (χ4v) is 1.71. The highest BCUT2D eigenvalue weighted by Crippen LogP contribution is 2.22. The topological polar surface area (TPSA) is 71.0 Å². The van der Waals surface area contributed by atoms with Crippen molar-refractivity contribution in [3.63, 3.8) is 0 Å².